The summed E-state index contributed by atoms with van der Waals surface area (Å²) in [4.78, 5) is 0. The number of hydrogen-bond acceptors (Lipinski definition) is 1. The monoisotopic (exact) mass is 379 g/mol. The van der Waals surface area contributed by atoms with Crippen molar-refractivity contribution in [1.29, 1.82) is 0 Å². The molecule has 0 aliphatic heterocycles. The fourth-order valence-corrected chi connectivity index (χ4v) is 3.40. The van der Waals surface area contributed by atoms with Crippen molar-refractivity contribution >= 4 is 11.1 Å². The second kappa shape index (κ2) is 7.09. The molecule has 1 N–H and O–H groups in total. The molecule has 7 heteroatoms. The topological polar surface area (TPSA) is 42.2 Å². The average molecular weight is 379 g/mol. The second-order valence-corrected chi connectivity index (χ2v) is 6.82. The van der Waals surface area contributed by atoms with Gasteiger partial charge in [0.05, 0.1) is 17.0 Å². The number of nitrogens with zero attached hydrogens (tertiary/aromatic N) is 1. The molecule has 3 rings (SSSR count). The number of alkyl halides is 3. The highest BCUT2D eigenvalue weighted by Gasteiger charge is 2.34. The van der Waals surface area contributed by atoms with Crippen LogP contribution in [0.25, 0.3) is 16.9 Å². The van der Waals surface area contributed by atoms with Gasteiger partial charge in [0.25, 0.3) is 0 Å². The molecule has 0 amide bonds. The van der Waals surface area contributed by atoms with Crippen molar-refractivity contribution in [2.75, 3.05) is 0 Å². The van der Waals surface area contributed by atoms with Crippen molar-refractivity contribution in [3.63, 3.8) is 0 Å². The Labute approximate surface area is 151 Å². The summed E-state index contributed by atoms with van der Waals surface area (Å²) in [6.07, 6.45) is -2.73. The summed E-state index contributed by atoms with van der Waals surface area (Å²) in [7, 11) is 0. The maximum Gasteiger partial charge on any atom is 0.417 e. The molecule has 136 valence electrons. The highest BCUT2D eigenvalue weighted by molar-refractivity contribution is 7.78. The van der Waals surface area contributed by atoms with Gasteiger partial charge < -0.3 is 9.12 Å². The molecule has 0 radical (unpaired) electrons. The maximum absolute atomic E-state index is 13.4. The molecular weight excluding hydrogens is 363 g/mol. The van der Waals surface area contributed by atoms with E-state index in [9.17, 15) is 17.4 Å². The predicted molar refractivity (Wildman–Crippen MR) is 95.4 cm³/mol. The number of rotatable bonds is 4. The summed E-state index contributed by atoms with van der Waals surface area (Å²) < 4.78 is 61.8. The SMILES string of the molecule is Cc1ccn(-c2ccc(CS(=O)O)cc2)c1-c1ccccc1C(F)(F)F. The van der Waals surface area contributed by atoms with Gasteiger partial charge in [0.2, 0.25) is 0 Å². The molecule has 0 fully saturated rings. The van der Waals surface area contributed by atoms with Crippen molar-refractivity contribution in [2.24, 2.45) is 0 Å². The second-order valence-electron chi connectivity index (χ2n) is 5.89. The van der Waals surface area contributed by atoms with E-state index in [1.54, 1.807) is 54.1 Å². The van der Waals surface area contributed by atoms with Crippen LogP contribution in [0.5, 0.6) is 0 Å². The van der Waals surface area contributed by atoms with Gasteiger partial charge in [-0.05, 0) is 42.3 Å². The van der Waals surface area contributed by atoms with Gasteiger partial charge in [-0.15, -0.1) is 0 Å². The van der Waals surface area contributed by atoms with Crippen molar-refractivity contribution in [3.05, 3.63) is 77.5 Å². The first-order valence-electron chi connectivity index (χ1n) is 7.78. The van der Waals surface area contributed by atoms with Gasteiger partial charge in [-0.25, -0.2) is 4.21 Å². The minimum absolute atomic E-state index is 0.00868. The number of aryl methyl sites for hydroxylation is 1. The van der Waals surface area contributed by atoms with Crippen LogP contribution >= 0.6 is 0 Å². The first-order valence-corrected chi connectivity index (χ1v) is 9.06. The largest absolute Gasteiger partial charge is 0.417 e. The Hall–Kier alpha value is -2.38. The quantitative estimate of drug-likeness (QED) is 0.634. The molecule has 0 spiro atoms. The first-order chi connectivity index (χ1) is 12.3. The van der Waals surface area contributed by atoms with Gasteiger partial charge in [0, 0.05) is 17.4 Å². The van der Waals surface area contributed by atoms with Crippen LogP contribution in [0.15, 0.2) is 60.8 Å². The zero-order chi connectivity index (χ0) is 18.9. The van der Waals surface area contributed by atoms with E-state index in [1.807, 2.05) is 0 Å². The summed E-state index contributed by atoms with van der Waals surface area (Å²) >= 11 is -1.94. The number of hydrogen-bond donors (Lipinski definition) is 1. The predicted octanol–water partition coefficient (Wildman–Crippen LogP) is 5.19. The molecule has 0 saturated heterocycles. The molecule has 3 aromatic rings. The van der Waals surface area contributed by atoms with E-state index in [4.69, 9.17) is 4.55 Å². The third-order valence-electron chi connectivity index (χ3n) is 4.08. The van der Waals surface area contributed by atoms with Crippen LogP contribution in [0.4, 0.5) is 13.2 Å². The van der Waals surface area contributed by atoms with E-state index in [-0.39, 0.29) is 11.3 Å². The maximum atomic E-state index is 13.4. The van der Waals surface area contributed by atoms with Crippen LogP contribution in [0.2, 0.25) is 0 Å². The first kappa shape index (κ1) is 18.4. The summed E-state index contributed by atoms with van der Waals surface area (Å²) in [5.41, 5.74) is 1.98. The Morgan fingerprint density at radius 3 is 2.31 bits per heavy atom. The molecule has 2 aromatic carbocycles. The van der Waals surface area contributed by atoms with Crippen LogP contribution in [0.1, 0.15) is 16.7 Å². The number of benzene rings is 2. The Morgan fingerprint density at radius 2 is 1.69 bits per heavy atom. The third-order valence-corrected chi connectivity index (χ3v) is 4.66. The molecule has 1 atom stereocenters. The molecular formula is C19H16F3NO2S. The van der Waals surface area contributed by atoms with Crippen LogP contribution in [0.3, 0.4) is 0 Å². The van der Waals surface area contributed by atoms with Gasteiger partial charge in [0.15, 0.2) is 11.1 Å². The van der Waals surface area contributed by atoms with E-state index in [0.29, 0.717) is 16.9 Å². The molecule has 1 unspecified atom stereocenters. The van der Waals surface area contributed by atoms with Crippen LogP contribution in [0, 0.1) is 6.92 Å². The summed E-state index contributed by atoms with van der Waals surface area (Å²) in [5.74, 6) is 0.00868. The summed E-state index contributed by atoms with van der Waals surface area (Å²) in [5, 5.41) is 0. The lowest BCUT2D eigenvalue weighted by Gasteiger charge is -2.16. The van der Waals surface area contributed by atoms with Gasteiger partial charge in [0.1, 0.15) is 0 Å². The lowest BCUT2D eigenvalue weighted by Crippen LogP contribution is -2.09. The highest BCUT2D eigenvalue weighted by Crippen LogP contribution is 2.39. The smallest absolute Gasteiger partial charge is 0.316 e. The van der Waals surface area contributed by atoms with E-state index in [1.165, 1.54) is 12.1 Å². The Morgan fingerprint density at radius 1 is 1.04 bits per heavy atom. The molecule has 1 aromatic heterocycles. The molecule has 0 aliphatic carbocycles. The van der Waals surface area contributed by atoms with Crippen molar-refractivity contribution < 1.29 is 21.9 Å². The zero-order valence-electron chi connectivity index (χ0n) is 13.8. The van der Waals surface area contributed by atoms with Gasteiger partial charge >= 0.3 is 6.18 Å². The normalized spacial score (nSPS) is 13.0. The van der Waals surface area contributed by atoms with E-state index < -0.39 is 22.8 Å². The Kier molecular flexibility index (Phi) is 5.02. The molecule has 0 saturated carbocycles. The van der Waals surface area contributed by atoms with E-state index >= 15 is 0 Å². The average Bonchev–Trinajstić information content (AvgIpc) is 2.96. The van der Waals surface area contributed by atoms with Crippen molar-refractivity contribution in [1.82, 2.24) is 4.57 Å². The lowest BCUT2D eigenvalue weighted by atomic mass is 10.0. The van der Waals surface area contributed by atoms with Crippen LogP contribution in [-0.2, 0) is 23.0 Å². The molecule has 3 nitrogen and oxygen atoms in total. The van der Waals surface area contributed by atoms with E-state index in [2.05, 4.69) is 0 Å². The molecule has 26 heavy (non-hydrogen) atoms. The van der Waals surface area contributed by atoms with Gasteiger partial charge in [-0.2, -0.15) is 13.2 Å². The Balaban J connectivity index is 2.11. The van der Waals surface area contributed by atoms with Gasteiger partial charge in [-0.1, -0.05) is 30.3 Å². The molecule has 0 bridgehead atoms. The summed E-state index contributed by atoms with van der Waals surface area (Å²) in [6.45, 7) is 1.77. The Bertz CT molecular complexity index is 946. The molecule has 1 heterocycles. The minimum atomic E-state index is -4.45. The summed E-state index contributed by atoms with van der Waals surface area (Å²) in [6, 6.07) is 14.1. The minimum Gasteiger partial charge on any atom is -0.316 e. The van der Waals surface area contributed by atoms with Crippen LogP contribution in [-0.4, -0.2) is 13.3 Å². The fraction of sp³-hybridized carbons (Fsp3) is 0.158. The van der Waals surface area contributed by atoms with E-state index in [0.717, 1.165) is 11.6 Å². The van der Waals surface area contributed by atoms with Gasteiger partial charge in [-0.3, -0.25) is 0 Å². The lowest BCUT2D eigenvalue weighted by molar-refractivity contribution is -0.137. The third kappa shape index (κ3) is 3.73. The van der Waals surface area contributed by atoms with Crippen LogP contribution < -0.4 is 0 Å². The number of aromatic nitrogens is 1. The zero-order valence-corrected chi connectivity index (χ0v) is 14.6. The van der Waals surface area contributed by atoms with Crippen molar-refractivity contribution in [2.45, 2.75) is 18.9 Å². The fourth-order valence-electron chi connectivity index (χ4n) is 2.92. The standard InChI is InChI=1S/C19H16F3NO2S/c1-13-10-11-23(15-8-6-14(7-9-15)12-26(24)25)18(13)16-4-2-3-5-17(16)19(20,21)22/h2-11H,12H2,1H3,(H,24,25). The molecule has 0 aliphatic rings. The highest BCUT2D eigenvalue weighted by atomic mass is 32.2. The number of halogens is 3. The van der Waals surface area contributed by atoms with Crippen molar-refractivity contribution in [3.8, 4) is 16.9 Å².